The van der Waals surface area contributed by atoms with Gasteiger partial charge in [-0.25, -0.2) is 0 Å². The standard InChI is InChI=1S/C16H19NO2/c1-5-7-11(2)17-12(3)15-10-13-8-6-9-14(18-4)16(13)19-15/h1,6,8-12,17H,7H2,2-4H3. The molecule has 0 aliphatic heterocycles. The first kappa shape index (κ1) is 13.5. The summed E-state index contributed by atoms with van der Waals surface area (Å²) < 4.78 is 11.2. The van der Waals surface area contributed by atoms with Crippen LogP contribution < -0.4 is 10.1 Å². The Morgan fingerprint density at radius 3 is 2.89 bits per heavy atom. The summed E-state index contributed by atoms with van der Waals surface area (Å²) in [5, 5.41) is 4.47. The van der Waals surface area contributed by atoms with Gasteiger partial charge >= 0.3 is 0 Å². The summed E-state index contributed by atoms with van der Waals surface area (Å²) in [5.74, 6) is 4.31. The minimum absolute atomic E-state index is 0.112. The van der Waals surface area contributed by atoms with E-state index in [1.165, 1.54) is 0 Å². The van der Waals surface area contributed by atoms with Crippen molar-refractivity contribution in [2.24, 2.45) is 0 Å². The van der Waals surface area contributed by atoms with Gasteiger partial charge in [0.2, 0.25) is 0 Å². The van der Waals surface area contributed by atoms with Crippen molar-refractivity contribution in [1.82, 2.24) is 5.32 Å². The highest BCUT2D eigenvalue weighted by molar-refractivity contribution is 5.83. The molecule has 1 aromatic carbocycles. The van der Waals surface area contributed by atoms with E-state index in [1.807, 2.05) is 24.3 Å². The molecule has 0 amide bonds. The van der Waals surface area contributed by atoms with E-state index in [9.17, 15) is 0 Å². The summed E-state index contributed by atoms with van der Waals surface area (Å²) in [7, 11) is 1.65. The molecule has 1 heterocycles. The fourth-order valence-corrected chi connectivity index (χ4v) is 2.18. The Morgan fingerprint density at radius 2 is 2.21 bits per heavy atom. The van der Waals surface area contributed by atoms with E-state index in [1.54, 1.807) is 7.11 Å². The van der Waals surface area contributed by atoms with Crippen LogP contribution in [-0.2, 0) is 0 Å². The van der Waals surface area contributed by atoms with Crippen molar-refractivity contribution in [3.05, 3.63) is 30.0 Å². The number of hydrogen-bond donors (Lipinski definition) is 1. The van der Waals surface area contributed by atoms with E-state index in [0.717, 1.165) is 22.5 Å². The quantitative estimate of drug-likeness (QED) is 0.832. The van der Waals surface area contributed by atoms with Crippen molar-refractivity contribution in [3.63, 3.8) is 0 Å². The van der Waals surface area contributed by atoms with Crippen LogP contribution in [0, 0.1) is 12.3 Å². The molecule has 2 atom stereocenters. The van der Waals surface area contributed by atoms with Crippen LogP contribution in [0.3, 0.4) is 0 Å². The van der Waals surface area contributed by atoms with Gasteiger partial charge < -0.3 is 14.5 Å². The van der Waals surface area contributed by atoms with Gasteiger partial charge in [0.15, 0.2) is 11.3 Å². The topological polar surface area (TPSA) is 34.4 Å². The summed E-state index contributed by atoms with van der Waals surface area (Å²) in [6.45, 7) is 4.14. The normalized spacial score (nSPS) is 14.0. The molecule has 0 radical (unpaired) electrons. The molecule has 3 nitrogen and oxygen atoms in total. The molecule has 0 saturated carbocycles. The zero-order chi connectivity index (χ0) is 13.8. The smallest absolute Gasteiger partial charge is 0.176 e. The Balaban J connectivity index is 2.24. The summed E-state index contributed by atoms with van der Waals surface area (Å²) in [4.78, 5) is 0. The van der Waals surface area contributed by atoms with E-state index in [-0.39, 0.29) is 12.1 Å². The lowest BCUT2D eigenvalue weighted by Crippen LogP contribution is -2.28. The number of hydrogen-bond acceptors (Lipinski definition) is 3. The van der Waals surface area contributed by atoms with Crippen LogP contribution in [0.1, 0.15) is 32.1 Å². The predicted molar refractivity (Wildman–Crippen MR) is 77.2 cm³/mol. The van der Waals surface area contributed by atoms with Crippen molar-refractivity contribution in [2.75, 3.05) is 7.11 Å². The van der Waals surface area contributed by atoms with Crippen LogP contribution in [0.2, 0.25) is 0 Å². The fraction of sp³-hybridized carbons (Fsp3) is 0.375. The summed E-state index contributed by atoms with van der Waals surface area (Å²) in [5.41, 5.74) is 0.790. The molecule has 19 heavy (non-hydrogen) atoms. The zero-order valence-electron chi connectivity index (χ0n) is 11.6. The Morgan fingerprint density at radius 1 is 1.42 bits per heavy atom. The maximum atomic E-state index is 5.89. The predicted octanol–water partition coefficient (Wildman–Crippen LogP) is 3.50. The average molecular weight is 257 g/mol. The second kappa shape index (κ2) is 5.81. The fourth-order valence-electron chi connectivity index (χ4n) is 2.18. The molecule has 3 heteroatoms. The number of ether oxygens (including phenoxy) is 1. The number of terminal acetylenes is 1. The van der Waals surface area contributed by atoms with Gasteiger partial charge in [-0.3, -0.25) is 0 Å². The van der Waals surface area contributed by atoms with Crippen molar-refractivity contribution < 1.29 is 9.15 Å². The Bertz CT molecular complexity index is 594. The molecule has 0 aliphatic carbocycles. The summed E-state index contributed by atoms with van der Waals surface area (Å²) in [6.07, 6.45) is 6.02. The van der Waals surface area contributed by atoms with Crippen LogP contribution in [0.15, 0.2) is 28.7 Å². The van der Waals surface area contributed by atoms with Gasteiger partial charge in [-0.15, -0.1) is 12.3 Å². The van der Waals surface area contributed by atoms with E-state index in [0.29, 0.717) is 6.42 Å². The Labute approximate surface area is 113 Å². The van der Waals surface area contributed by atoms with E-state index in [2.05, 4.69) is 25.1 Å². The Kier molecular flexibility index (Phi) is 4.13. The molecule has 0 bridgehead atoms. The first-order valence-corrected chi connectivity index (χ1v) is 6.41. The van der Waals surface area contributed by atoms with Gasteiger partial charge in [0.05, 0.1) is 13.2 Å². The lowest BCUT2D eigenvalue weighted by molar-refractivity contribution is 0.391. The largest absolute Gasteiger partial charge is 0.493 e. The van der Waals surface area contributed by atoms with Crippen molar-refractivity contribution in [3.8, 4) is 18.1 Å². The third-order valence-electron chi connectivity index (χ3n) is 3.13. The van der Waals surface area contributed by atoms with Gasteiger partial charge in [0.25, 0.3) is 0 Å². The van der Waals surface area contributed by atoms with Crippen LogP contribution in [-0.4, -0.2) is 13.2 Å². The molecule has 0 spiro atoms. The van der Waals surface area contributed by atoms with Gasteiger partial charge in [0.1, 0.15) is 5.76 Å². The summed E-state index contributed by atoms with van der Waals surface area (Å²) in [6, 6.07) is 8.28. The minimum Gasteiger partial charge on any atom is -0.493 e. The number of fused-ring (bicyclic) bond motifs is 1. The molecule has 100 valence electrons. The maximum absolute atomic E-state index is 5.89. The van der Waals surface area contributed by atoms with Crippen LogP contribution in [0.25, 0.3) is 11.0 Å². The highest BCUT2D eigenvalue weighted by Crippen LogP contribution is 2.30. The first-order valence-electron chi connectivity index (χ1n) is 6.41. The molecule has 0 aliphatic rings. The van der Waals surface area contributed by atoms with Crippen LogP contribution >= 0.6 is 0 Å². The van der Waals surface area contributed by atoms with E-state index >= 15 is 0 Å². The lowest BCUT2D eigenvalue weighted by Gasteiger charge is -2.16. The molecular formula is C16H19NO2. The third kappa shape index (κ3) is 2.91. The third-order valence-corrected chi connectivity index (χ3v) is 3.13. The number of furan rings is 1. The Hall–Kier alpha value is -1.92. The number of nitrogens with one attached hydrogen (secondary N) is 1. The number of rotatable bonds is 5. The van der Waals surface area contributed by atoms with Gasteiger partial charge in [-0.2, -0.15) is 0 Å². The van der Waals surface area contributed by atoms with Gasteiger partial charge in [-0.1, -0.05) is 12.1 Å². The highest BCUT2D eigenvalue weighted by Gasteiger charge is 2.15. The molecular weight excluding hydrogens is 238 g/mol. The van der Waals surface area contributed by atoms with Crippen molar-refractivity contribution >= 4 is 11.0 Å². The number of methoxy groups -OCH3 is 1. The minimum atomic E-state index is 0.112. The second-order valence-electron chi connectivity index (χ2n) is 4.73. The molecule has 2 aromatic rings. The average Bonchev–Trinajstić information content (AvgIpc) is 2.82. The molecule has 1 aromatic heterocycles. The molecule has 2 unspecified atom stereocenters. The van der Waals surface area contributed by atoms with Crippen LogP contribution in [0.5, 0.6) is 5.75 Å². The van der Waals surface area contributed by atoms with Crippen molar-refractivity contribution in [1.29, 1.82) is 0 Å². The van der Waals surface area contributed by atoms with E-state index < -0.39 is 0 Å². The first-order chi connectivity index (χ1) is 9.15. The van der Waals surface area contributed by atoms with Crippen LogP contribution in [0.4, 0.5) is 0 Å². The van der Waals surface area contributed by atoms with Gasteiger partial charge in [-0.05, 0) is 26.0 Å². The van der Waals surface area contributed by atoms with E-state index in [4.69, 9.17) is 15.6 Å². The zero-order valence-corrected chi connectivity index (χ0v) is 11.6. The lowest BCUT2D eigenvalue weighted by atomic mass is 10.1. The molecule has 0 fully saturated rings. The molecule has 1 N–H and O–H groups in total. The molecule has 2 rings (SSSR count). The highest BCUT2D eigenvalue weighted by atomic mass is 16.5. The summed E-state index contributed by atoms with van der Waals surface area (Å²) >= 11 is 0. The SMILES string of the molecule is C#CCC(C)NC(C)c1cc2cccc(OC)c2o1. The maximum Gasteiger partial charge on any atom is 0.176 e. The van der Waals surface area contributed by atoms with Gasteiger partial charge in [0, 0.05) is 17.8 Å². The second-order valence-corrected chi connectivity index (χ2v) is 4.73. The molecule has 0 saturated heterocycles. The monoisotopic (exact) mass is 257 g/mol. The number of para-hydroxylation sites is 1. The van der Waals surface area contributed by atoms with Crippen molar-refractivity contribution in [2.45, 2.75) is 32.4 Å². The number of benzene rings is 1.